The average Bonchev–Trinajstić information content (AvgIpc) is 3.17. The average molecular weight is 492 g/mol. The summed E-state index contributed by atoms with van der Waals surface area (Å²) in [4.78, 5) is 16.9. The maximum atomic E-state index is 13.7. The van der Waals surface area contributed by atoms with E-state index in [1.165, 1.54) is 4.31 Å². The molecular formula is C25H37N3O5S. The number of carboxylic acids is 1. The fourth-order valence-electron chi connectivity index (χ4n) is 5.45. The molecule has 2 aliphatic rings. The first-order valence-electron chi connectivity index (χ1n) is 12.4. The number of aliphatic carboxylic acids is 1. The van der Waals surface area contributed by atoms with Gasteiger partial charge in [0.2, 0.25) is 10.0 Å². The van der Waals surface area contributed by atoms with Crippen LogP contribution >= 0.6 is 0 Å². The zero-order valence-corrected chi connectivity index (χ0v) is 21.5. The molecule has 2 saturated heterocycles. The molecule has 1 aromatic heterocycles. The van der Waals surface area contributed by atoms with Crippen LogP contribution in [0.1, 0.15) is 65.6 Å². The largest absolute Gasteiger partial charge is 0.481 e. The van der Waals surface area contributed by atoms with E-state index in [1.54, 1.807) is 12.1 Å². The van der Waals surface area contributed by atoms with Gasteiger partial charge in [0, 0.05) is 37.8 Å². The van der Waals surface area contributed by atoms with Gasteiger partial charge in [-0.15, -0.1) is 0 Å². The molecule has 0 amide bonds. The second-order valence-corrected chi connectivity index (χ2v) is 12.6. The van der Waals surface area contributed by atoms with E-state index in [4.69, 9.17) is 9.72 Å². The Kier molecular flexibility index (Phi) is 7.09. The standard InChI is InChI=1S/C25H37N3O5S/c1-5-21-19(23(29)30)7-6-12-28(21)34(31,32)18-8-9-22-20(15-18)26-24(25(2,3)4)27(22)16-17-10-13-33-14-11-17/h8-9,15,17,19,21H,5-7,10-14,16H2,1-4H3,(H,29,30)/t19-,21?/m1/s1. The Morgan fingerprint density at radius 2 is 1.91 bits per heavy atom. The molecule has 2 atom stereocenters. The molecule has 1 unspecified atom stereocenters. The Hall–Kier alpha value is -1.97. The molecule has 0 aliphatic carbocycles. The van der Waals surface area contributed by atoms with Gasteiger partial charge in [0.05, 0.1) is 21.8 Å². The molecule has 9 heteroatoms. The van der Waals surface area contributed by atoms with Crippen LogP contribution in [0, 0.1) is 11.8 Å². The number of ether oxygens (including phenoxy) is 1. The van der Waals surface area contributed by atoms with Crippen LogP contribution < -0.4 is 0 Å². The van der Waals surface area contributed by atoms with Gasteiger partial charge in [-0.3, -0.25) is 4.79 Å². The van der Waals surface area contributed by atoms with Gasteiger partial charge in [-0.25, -0.2) is 13.4 Å². The smallest absolute Gasteiger partial charge is 0.308 e. The summed E-state index contributed by atoms with van der Waals surface area (Å²) >= 11 is 0. The third kappa shape index (κ3) is 4.75. The number of benzene rings is 1. The summed E-state index contributed by atoms with van der Waals surface area (Å²) in [6, 6.07) is 4.65. The van der Waals surface area contributed by atoms with E-state index >= 15 is 0 Å². The van der Waals surface area contributed by atoms with Gasteiger partial charge in [0.1, 0.15) is 5.82 Å². The molecule has 3 heterocycles. The van der Waals surface area contributed by atoms with E-state index in [0.29, 0.717) is 37.2 Å². The van der Waals surface area contributed by atoms with Crippen molar-refractivity contribution < 1.29 is 23.1 Å². The number of fused-ring (bicyclic) bond motifs is 1. The maximum absolute atomic E-state index is 13.7. The van der Waals surface area contributed by atoms with Crippen LogP contribution in [0.5, 0.6) is 0 Å². The quantitative estimate of drug-likeness (QED) is 0.655. The molecule has 2 fully saturated rings. The van der Waals surface area contributed by atoms with Crippen LogP contribution in [-0.2, 0) is 31.5 Å². The van der Waals surface area contributed by atoms with Crippen molar-refractivity contribution in [2.45, 2.75) is 82.7 Å². The molecule has 4 rings (SSSR count). The zero-order valence-electron chi connectivity index (χ0n) is 20.7. The Morgan fingerprint density at radius 3 is 2.53 bits per heavy atom. The second-order valence-electron chi connectivity index (χ2n) is 10.7. The van der Waals surface area contributed by atoms with Crippen LogP contribution in [0.4, 0.5) is 0 Å². The fourth-order valence-corrected chi connectivity index (χ4v) is 7.24. The number of imidazole rings is 1. The van der Waals surface area contributed by atoms with E-state index < -0.39 is 28.0 Å². The summed E-state index contributed by atoms with van der Waals surface area (Å²) in [6.07, 6.45) is 3.53. The Balaban J connectivity index is 1.73. The van der Waals surface area contributed by atoms with E-state index in [-0.39, 0.29) is 10.3 Å². The van der Waals surface area contributed by atoms with Crippen molar-refractivity contribution in [3.63, 3.8) is 0 Å². The number of hydrogen-bond donors (Lipinski definition) is 1. The van der Waals surface area contributed by atoms with E-state index in [2.05, 4.69) is 25.3 Å². The Morgan fingerprint density at radius 1 is 1.21 bits per heavy atom. The second kappa shape index (κ2) is 9.59. The van der Waals surface area contributed by atoms with E-state index in [1.807, 2.05) is 13.0 Å². The predicted octanol–water partition coefficient (Wildman–Crippen LogP) is 4.02. The number of rotatable bonds is 6. The number of nitrogens with zero attached hydrogens (tertiary/aromatic N) is 3. The third-order valence-corrected chi connectivity index (χ3v) is 9.16. The topological polar surface area (TPSA) is 102 Å². The minimum absolute atomic E-state index is 0.181. The van der Waals surface area contributed by atoms with Gasteiger partial charge >= 0.3 is 5.97 Å². The molecule has 2 aromatic rings. The molecule has 0 bridgehead atoms. The Labute approximate surface area is 202 Å². The molecule has 1 N–H and O–H groups in total. The molecule has 0 spiro atoms. The number of hydrogen-bond acceptors (Lipinski definition) is 5. The van der Waals surface area contributed by atoms with Crippen molar-refractivity contribution in [2.24, 2.45) is 11.8 Å². The normalized spacial score (nSPS) is 23.4. The highest BCUT2D eigenvalue weighted by atomic mass is 32.2. The fraction of sp³-hybridized carbons (Fsp3) is 0.680. The molecule has 34 heavy (non-hydrogen) atoms. The predicted molar refractivity (Wildman–Crippen MR) is 130 cm³/mol. The van der Waals surface area contributed by atoms with Crippen LogP contribution in [-0.4, -0.2) is 59.2 Å². The highest BCUT2D eigenvalue weighted by molar-refractivity contribution is 7.89. The van der Waals surface area contributed by atoms with Crippen LogP contribution in [0.3, 0.4) is 0 Å². The molecule has 0 saturated carbocycles. The van der Waals surface area contributed by atoms with Crippen molar-refractivity contribution in [3.8, 4) is 0 Å². The van der Waals surface area contributed by atoms with Gasteiger partial charge in [0.25, 0.3) is 0 Å². The van der Waals surface area contributed by atoms with Gasteiger partial charge in [-0.1, -0.05) is 27.7 Å². The van der Waals surface area contributed by atoms with Crippen LogP contribution in [0.2, 0.25) is 0 Å². The summed E-state index contributed by atoms with van der Waals surface area (Å²) < 4.78 is 36.5. The third-order valence-electron chi connectivity index (χ3n) is 7.24. The molecule has 0 radical (unpaired) electrons. The van der Waals surface area contributed by atoms with Crippen molar-refractivity contribution in [3.05, 3.63) is 24.0 Å². The maximum Gasteiger partial charge on any atom is 0.308 e. The van der Waals surface area contributed by atoms with Crippen molar-refractivity contribution in [2.75, 3.05) is 19.8 Å². The first-order valence-corrected chi connectivity index (χ1v) is 13.8. The summed E-state index contributed by atoms with van der Waals surface area (Å²) in [5.41, 5.74) is 1.40. The number of carbonyl (C=O) groups is 1. The van der Waals surface area contributed by atoms with Gasteiger partial charge in [-0.05, 0) is 56.2 Å². The lowest BCUT2D eigenvalue weighted by Crippen LogP contribution is -2.50. The van der Waals surface area contributed by atoms with Gasteiger partial charge < -0.3 is 14.4 Å². The highest BCUT2D eigenvalue weighted by Gasteiger charge is 2.41. The van der Waals surface area contributed by atoms with Crippen molar-refractivity contribution >= 4 is 27.0 Å². The molecule has 2 aliphatic heterocycles. The van der Waals surface area contributed by atoms with Crippen LogP contribution in [0.25, 0.3) is 11.0 Å². The highest BCUT2D eigenvalue weighted by Crippen LogP contribution is 2.34. The SMILES string of the molecule is CCC1[C@H](C(=O)O)CCCN1S(=O)(=O)c1ccc2c(c1)nc(C(C)(C)C)n2CC1CCOCC1. The number of aromatic nitrogens is 2. The lowest BCUT2D eigenvalue weighted by molar-refractivity contribution is -0.144. The monoisotopic (exact) mass is 491 g/mol. The number of piperidine rings is 1. The summed E-state index contributed by atoms with van der Waals surface area (Å²) in [7, 11) is -3.84. The lowest BCUT2D eigenvalue weighted by atomic mass is 9.89. The summed E-state index contributed by atoms with van der Waals surface area (Å²) in [6.45, 7) is 10.9. The summed E-state index contributed by atoms with van der Waals surface area (Å²) in [5.74, 6) is -0.159. The minimum atomic E-state index is -3.84. The minimum Gasteiger partial charge on any atom is -0.481 e. The lowest BCUT2D eigenvalue weighted by Gasteiger charge is -2.38. The molecule has 8 nitrogen and oxygen atoms in total. The van der Waals surface area contributed by atoms with E-state index in [9.17, 15) is 18.3 Å². The van der Waals surface area contributed by atoms with Crippen molar-refractivity contribution in [1.82, 2.24) is 13.9 Å². The van der Waals surface area contributed by atoms with E-state index in [0.717, 1.165) is 43.9 Å². The molecule has 188 valence electrons. The number of sulfonamides is 1. The van der Waals surface area contributed by atoms with Gasteiger partial charge in [-0.2, -0.15) is 4.31 Å². The van der Waals surface area contributed by atoms with Crippen LogP contribution in [0.15, 0.2) is 23.1 Å². The molecular weight excluding hydrogens is 454 g/mol. The number of carboxylic acid groups (broad SMARTS) is 1. The first kappa shape index (κ1) is 25.1. The first-order chi connectivity index (χ1) is 16.0. The zero-order chi connectivity index (χ0) is 24.7. The Bertz CT molecular complexity index is 1150. The molecule has 1 aromatic carbocycles. The van der Waals surface area contributed by atoms with Gasteiger partial charge in [0.15, 0.2) is 0 Å². The summed E-state index contributed by atoms with van der Waals surface area (Å²) in [5, 5.41) is 9.64. The van der Waals surface area contributed by atoms with Crippen molar-refractivity contribution in [1.29, 1.82) is 0 Å².